The van der Waals surface area contributed by atoms with E-state index in [1.165, 1.54) is 7.11 Å². The minimum atomic E-state index is -0.440. The van der Waals surface area contributed by atoms with E-state index >= 15 is 0 Å². The van der Waals surface area contributed by atoms with Gasteiger partial charge in [0.25, 0.3) is 11.8 Å². The molecule has 2 aromatic carbocycles. The number of nitrogen functional groups attached to an aromatic ring is 1. The molecule has 0 spiro atoms. The highest BCUT2D eigenvalue weighted by molar-refractivity contribution is 9.10. The molecule has 0 bridgehead atoms. The quantitative estimate of drug-likeness (QED) is 0.670. The fourth-order valence-electron chi connectivity index (χ4n) is 2.37. The number of hydrogen-bond acceptors (Lipinski definition) is 4. The summed E-state index contributed by atoms with van der Waals surface area (Å²) in [7, 11) is 1.49. The Morgan fingerprint density at radius 1 is 1.14 bits per heavy atom. The summed E-state index contributed by atoms with van der Waals surface area (Å²) in [6.45, 7) is 0. The Balaban J connectivity index is 2.19. The fourth-order valence-corrected chi connectivity index (χ4v) is 2.72. The number of hydrogen-bond donors (Lipinski definition) is 1. The molecule has 1 aliphatic heterocycles. The Kier molecular flexibility index (Phi) is 3.17. The van der Waals surface area contributed by atoms with Crippen LogP contribution in [0, 0.1) is 0 Å². The first-order chi connectivity index (χ1) is 10.0. The Morgan fingerprint density at radius 3 is 2.57 bits per heavy atom. The van der Waals surface area contributed by atoms with Crippen molar-refractivity contribution < 1.29 is 14.3 Å². The number of anilines is 2. The Bertz CT molecular complexity index is 774. The molecule has 0 aliphatic carbocycles. The van der Waals surface area contributed by atoms with Gasteiger partial charge in [0.15, 0.2) is 0 Å². The summed E-state index contributed by atoms with van der Waals surface area (Å²) in [5.41, 5.74) is 7.05. The molecule has 0 saturated carbocycles. The lowest BCUT2D eigenvalue weighted by molar-refractivity contribution is 0.0925. The van der Waals surface area contributed by atoms with Crippen molar-refractivity contribution in [3.05, 3.63) is 52.0 Å². The molecule has 0 aromatic heterocycles. The lowest BCUT2D eigenvalue weighted by Gasteiger charge is -2.17. The number of methoxy groups -OCH3 is 1. The molecule has 5 nitrogen and oxygen atoms in total. The van der Waals surface area contributed by atoms with E-state index in [1.807, 2.05) is 0 Å². The zero-order chi connectivity index (χ0) is 15.1. The van der Waals surface area contributed by atoms with Gasteiger partial charge in [-0.25, -0.2) is 4.90 Å². The summed E-state index contributed by atoms with van der Waals surface area (Å²) in [6, 6.07) is 9.97. The van der Waals surface area contributed by atoms with Crippen LogP contribution in [0.2, 0.25) is 0 Å². The number of ether oxygens (including phenoxy) is 1. The first-order valence-electron chi connectivity index (χ1n) is 6.15. The van der Waals surface area contributed by atoms with Gasteiger partial charge in [0.1, 0.15) is 5.75 Å². The second kappa shape index (κ2) is 4.89. The van der Waals surface area contributed by atoms with Gasteiger partial charge >= 0.3 is 0 Å². The number of halogens is 1. The number of fused-ring (bicyclic) bond motifs is 1. The van der Waals surface area contributed by atoms with Gasteiger partial charge in [-0.1, -0.05) is 22.0 Å². The number of amides is 2. The molecule has 0 radical (unpaired) electrons. The molecule has 2 aromatic rings. The Labute approximate surface area is 129 Å². The molecule has 2 amide bonds. The highest BCUT2D eigenvalue weighted by Gasteiger charge is 2.39. The largest absolute Gasteiger partial charge is 0.495 e. The summed E-state index contributed by atoms with van der Waals surface area (Å²) in [5, 5.41) is 0. The number of benzene rings is 2. The second-order valence-corrected chi connectivity index (χ2v) is 5.45. The first kappa shape index (κ1) is 13.6. The van der Waals surface area contributed by atoms with Gasteiger partial charge in [0, 0.05) is 10.2 Å². The molecule has 0 saturated heterocycles. The van der Waals surface area contributed by atoms with E-state index < -0.39 is 11.8 Å². The summed E-state index contributed by atoms with van der Waals surface area (Å²) in [5.74, 6) is -0.408. The van der Waals surface area contributed by atoms with Gasteiger partial charge in [-0.2, -0.15) is 0 Å². The van der Waals surface area contributed by atoms with Crippen molar-refractivity contribution in [3.8, 4) is 5.75 Å². The van der Waals surface area contributed by atoms with Crippen LogP contribution in [0.5, 0.6) is 5.75 Å². The van der Waals surface area contributed by atoms with E-state index in [9.17, 15) is 9.59 Å². The topological polar surface area (TPSA) is 72.6 Å². The SMILES string of the molecule is COc1ccc(Br)cc1N1C(=O)c2cccc(N)c2C1=O. The number of carbonyl (C=O) groups is 2. The highest BCUT2D eigenvalue weighted by atomic mass is 79.9. The monoisotopic (exact) mass is 346 g/mol. The number of imide groups is 1. The third-order valence-electron chi connectivity index (χ3n) is 3.33. The molecule has 2 N–H and O–H groups in total. The van der Waals surface area contributed by atoms with Crippen molar-refractivity contribution in [3.63, 3.8) is 0 Å². The molecule has 106 valence electrons. The van der Waals surface area contributed by atoms with E-state index in [0.29, 0.717) is 22.7 Å². The summed E-state index contributed by atoms with van der Waals surface area (Å²) < 4.78 is 5.98. The minimum absolute atomic E-state index is 0.240. The number of rotatable bonds is 2. The maximum absolute atomic E-state index is 12.6. The smallest absolute Gasteiger partial charge is 0.268 e. The van der Waals surface area contributed by atoms with Crippen molar-refractivity contribution in [1.82, 2.24) is 0 Å². The Morgan fingerprint density at radius 2 is 1.90 bits per heavy atom. The van der Waals surface area contributed by atoms with Crippen molar-refractivity contribution in [1.29, 1.82) is 0 Å². The van der Waals surface area contributed by atoms with Crippen LogP contribution in [-0.2, 0) is 0 Å². The van der Waals surface area contributed by atoms with E-state index in [4.69, 9.17) is 10.5 Å². The number of carbonyl (C=O) groups excluding carboxylic acids is 2. The third kappa shape index (κ3) is 1.99. The van der Waals surface area contributed by atoms with Gasteiger partial charge in [-0.15, -0.1) is 0 Å². The van der Waals surface area contributed by atoms with Crippen molar-refractivity contribution in [2.45, 2.75) is 0 Å². The zero-order valence-electron chi connectivity index (χ0n) is 11.1. The van der Waals surface area contributed by atoms with Gasteiger partial charge in [-0.05, 0) is 30.3 Å². The lowest BCUT2D eigenvalue weighted by atomic mass is 10.1. The van der Waals surface area contributed by atoms with Crippen LogP contribution in [0.25, 0.3) is 0 Å². The van der Waals surface area contributed by atoms with Crippen LogP contribution in [0.15, 0.2) is 40.9 Å². The average Bonchev–Trinajstić information content (AvgIpc) is 2.72. The number of nitrogens with zero attached hydrogens (tertiary/aromatic N) is 1. The first-order valence-corrected chi connectivity index (χ1v) is 6.94. The standard InChI is InChI=1S/C15H11BrN2O3/c1-21-12-6-5-8(16)7-11(12)18-14(19)9-3-2-4-10(17)13(9)15(18)20/h2-7H,17H2,1H3. The summed E-state index contributed by atoms with van der Waals surface area (Å²) >= 11 is 3.33. The highest BCUT2D eigenvalue weighted by Crippen LogP contribution is 2.37. The van der Waals surface area contributed by atoms with Gasteiger partial charge in [0.05, 0.1) is 23.9 Å². The van der Waals surface area contributed by atoms with Crippen molar-refractivity contribution in [2.75, 3.05) is 17.7 Å². The molecule has 1 heterocycles. The molecule has 3 rings (SSSR count). The lowest BCUT2D eigenvalue weighted by Crippen LogP contribution is -2.29. The Hall–Kier alpha value is -2.34. The molecule has 6 heteroatoms. The van der Waals surface area contributed by atoms with Crippen LogP contribution in [0.3, 0.4) is 0 Å². The fraction of sp³-hybridized carbons (Fsp3) is 0.0667. The van der Waals surface area contributed by atoms with Crippen LogP contribution in [0.4, 0.5) is 11.4 Å². The van der Waals surface area contributed by atoms with Crippen LogP contribution >= 0.6 is 15.9 Å². The van der Waals surface area contributed by atoms with Crippen LogP contribution in [-0.4, -0.2) is 18.9 Å². The molecular formula is C15H11BrN2O3. The van der Waals surface area contributed by atoms with Crippen LogP contribution < -0.4 is 15.4 Å². The number of nitrogens with two attached hydrogens (primary N) is 1. The predicted molar refractivity (Wildman–Crippen MR) is 82.7 cm³/mol. The second-order valence-electron chi connectivity index (χ2n) is 4.53. The molecule has 0 atom stereocenters. The van der Waals surface area contributed by atoms with Crippen molar-refractivity contribution >= 4 is 39.1 Å². The van der Waals surface area contributed by atoms with Gasteiger partial charge in [-0.3, -0.25) is 9.59 Å². The summed E-state index contributed by atoms with van der Waals surface area (Å²) in [4.78, 5) is 26.2. The van der Waals surface area contributed by atoms with E-state index in [1.54, 1.807) is 36.4 Å². The summed E-state index contributed by atoms with van der Waals surface area (Å²) in [6.07, 6.45) is 0. The van der Waals surface area contributed by atoms with Crippen LogP contribution in [0.1, 0.15) is 20.7 Å². The van der Waals surface area contributed by atoms with E-state index in [2.05, 4.69) is 15.9 Å². The maximum atomic E-state index is 12.6. The predicted octanol–water partition coefficient (Wildman–Crippen LogP) is 2.84. The molecule has 0 fully saturated rings. The molecule has 21 heavy (non-hydrogen) atoms. The van der Waals surface area contributed by atoms with Gasteiger partial charge in [0.2, 0.25) is 0 Å². The average molecular weight is 347 g/mol. The normalized spacial score (nSPS) is 13.5. The molecule has 1 aliphatic rings. The minimum Gasteiger partial charge on any atom is -0.495 e. The molecular weight excluding hydrogens is 336 g/mol. The van der Waals surface area contributed by atoms with Crippen molar-refractivity contribution in [2.24, 2.45) is 0 Å². The maximum Gasteiger partial charge on any atom is 0.268 e. The zero-order valence-corrected chi connectivity index (χ0v) is 12.7. The van der Waals surface area contributed by atoms with E-state index in [0.717, 1.165) is 9.37 Å². The van der Waals surface area contributed by atoms with Gasteiger partial charge < -0.3 is 10.5 Å². The van der Waals surface area contributed by atoms with E-state index in [-0.39, 0.29) is 5.56 Å². The molecule has 0 unspecified atom stereocenters. The third-order valence-corrected chi connectivity index (χ3v) is 3.82.